The van der Waals surface area contributed by atoms with E-state index in [9.17, 15) is 13.9 Å². The first kappa shape index (κ1) is 13.9. The van der Waals surface area contributed by atoms with Crippen molar-refractivity contribution in [3.8, 4) is 0 Å². The molecule has 1 aliphatic rings. The summed E-state index contributed by atoms with van der Waals surface area (Å²) in [7, 11) is 0. The Bertz CT molecular complexity index is 417. The van der Waals surface area contributed by atoms with Crippen molar-refractivity contribution >= 4 is 15.9 Å². The van der Waals surface area contributed by atoms with Crippen molar-refractivity contribution in [3.05, 3.63) is 33.8 Å². The van der Waals surface area contributed by atoms with Crippen LogP contribution in [0.5, 0.6) is 0 Å². The van der Waals surface area contributed by atoms with E-state index in [2.05, 4.69) is 15.9 Å². The minimum Gasteiger partial charge on any atom is -0.393 e. The lowest BCUT2D eigenvalue weighted by atomic mass is 9.95. The summed E-state index contributed by atoms with van der Waals surface area (Å²) in [4.78, 5) is 0. The molecule has 0 radical (unpaired) electrons. The predicted octanol–water partition coefficient (Wildman–Crippen LogP) is 4.21. The molecule has 1 N–H and O–H groups in total. The molecule has 0 bridgehead atoms. The van der Waals surface area contributed by atoms with Gasteiger partial charge in [0.25, 0.3) is 0 Å². The van der Waals surface area contributed by atoms with Gasteiger partial charge in [0, 0.05) is 12.0 Å². The molecule has 1 fully saturated rings. The van der Waals surface area contributed by atoms with Crippen molar-refractivity contribution in [1.82, 2.24) is 0 Å². The molecule has 100 valence electrons. The maximum absolute atomic E-state index is 13.7. The quantitative estimate of drug-likeness (QED) is 0.824. The van der Waals surface area contributed by atoms with Crippen LogP contribution in [0.2, 0.25) is 0 Å². The zero-order valence-corrected chi connectivity index (χ0v) is 11.7. The number of hydrogen-bond acceptors (Lipinski definition) is 1. The van der Waals surface area contributed by atoms with E-state index >= 15 is 0 Å². The Morgan fingerprint density at radius 1 is 1.28 bits per heavy atom. The smallest absolute Gasteiger partial charge is 0.143 e. The Kier molecular flexibility index (Phi) is 4.73. The largest absolute Gasteiger partial charge is 0.393 e. The van der Waals surface area contributed by atoms with Gasteiger partial charge in [-0.15, -0.1) is 0 Å². The van der Waals surface area contributed by atoms with E-state index in [0.29, 0.717) is 12.3 Å². The van der Waals surface area contributed by atoms with Crippen molar-refractivity contribution in [2.45, 2.75) is 44.6 Å². The van der Waals surface area contributed by atoms with Gasteiger partial charge < -0.3 is 5.11 Å². The van der Waals surface area contributed by atoms with E-state index in [1.807, 2.05) is 0 Å². The topological polar surface area (TPSA) is 20.2 Å². The van der Waals surface area contributed by atoms with E-state index in [0.717, 1.165) is 12.8 Å². The van der Waals surface area contributed by atoms with Gasteiger partial charge in [0.15, 0.2) is 0 Å². The zero-order valence-electron chi connectivity index (χ0n) is 10.1. The summed E-state index contributed by atoms with van der Waals surface area (Å²) in [5.41, 5.74) is -0.0186. The molecule has 0 saturated heterocycles. The third kappa shape index (κ3) is 3.29. The van der Waals surface area contributed by atoms with Gasteiger partial charge in [-0.25, -0.2) is 8.78 Å². The van der Waals surface area contributed by atoms with E-state index < -0.39 is 17.7 Å². The first-order valence-electron chi connectivity index (χ1n) is 6.38. The lowest BCUT2D eigenvalue weighted by Gasteiger charge is -2.16. The summed E-state index contributed by atoms with van der Waals surface area (Å²) >= 11 is 3.04. The molecule has 4 heteroatoms. The lowest BCUT2D eigenvalue weighted by Crippen LogP contribution is -2.16. The van der Waals surface area contributed by atoms with Gasteiger partial charge in [-0.3, -0.25) is 0 Å². The van der Waals surface area contributed by atoms with Crippen LogP contribution >= 0.6 is 15.9 Å². The highest BCUT2D eigenvalue weighted by atomic mass is 79.9. The van der Waals surface area contributed by atoms with Crippen molar-refractivity contribution in [3.63, 3.8) is 0 Å². The van der Waals surface area contributed by atoms with Gasteiger partial charge in [0.2, 0.25) is 0 Å². The fraction of sp³-hybridized carbons (Fsp3) is 0.571. The molecule has 1 nitrogen and oxygen atoms in total. The molecule has 18 heavy (non-hydrogen) atoms. The normalized spacial score (nSPS) is 18.2. The second-order valence-electron chi connectivity index (χ2n) is 5.07. The fourth-order valence-electron chi connectivity index (χ4n) is 2.71. The van der Waals surface area contributed by atoms with Crippen LogP contribution in [0.25, 0.3) is 0 Å². The summed E-state index contributed by atoms with van der Waals surface area (Å²) in [5, 5.41) is 9.95. The molecular formula is C14H17BrF2O. The molecule has 2 rings (SSSR count). The van der Waals surface area contributed by atoms with Crippen molar-refractivity contribution in [2.24, 2.45) is 5.92 Å². The Morgan fingerprint density at radius 2 is 1.94 bits per heavy atom. The molecule has 0 aliphatic heterocycles. The number of hydrogen-bond donors (Lipinski definition) is 1. The predicted molar refractivity (Wildman–Crippen MR) is 70.3 cm³/mol. The van der Waals surface area contributed by atoms with Gasteiger partial charge in [-0.05, 0) is 40.4 Å². The average Bonchev–Trinajstić information content (AvgIpc) is 2.82. The fourth-order valence-corrected chi connectivity index (χ4v) is 3.08. The van der Waals surface area contributed by atoms with Crippen LogP contribution in [0.1, 0.15) is 37.7 Å². The second-order valence-corrected chi connectivity index (χ2v) is 5.92. The van der Waals surface area contributed by atoms with E-state index in [1.165, 1.54) is 25.0 Å². The van der Waals surface area contributed by atoms with E-state index in [1.54, 1.807) is 0 Å². The third-order valence-electron chi connectivity index (χ3n) is 3.66. The highest BCUT2D eigenvalue weighted by molar-refractivity contribution is 9.10. The average molecular weight is 319 g/mol. The molecule has 1 saturated carbocycles. The number of benzene rings is 1. The second kappa shape index (κ2) is 6.11. The summed E-state index contributed by atoms with van der Waals surface area (Å²) in [6.07, 6.45) is 4.69. The summed E-state index contributed by atoms with van der Waals surface area (Å²) < 4.78 is 27.5. The van der Waals surface area contributed by atoms with Crippen LogP contribution < -0.4 is 0 Å². The lowest BCUT2D eigenvalue weighted by molar-refractivity contribution is 0.141. The van der Waals surface area contributed by atoms with E-state index in [4.69, 9.17) is 0 Å². The van der Waals surface area contributed by atoms with Crippen molar-refractivity contribution in [1.29, 1.82) is 0 Å². The van der Waals surface area contributed by atoms with Crippen LogP contribution in [-0.2, 0) is 6.42 Å². The highest BCUT2D eigenvalue weighted by Crippen LogP contribution is 2.30. The molecule has 0 amide bonds. The standard InChI is InChI=1S/C14H17BrF2O/c15-12-5-6-13(16)11(14(12)17)8-10(18)7-9-3-1-2-4-9/h5-6,9-10,18H,1-4,7-8H2. The van der Waals surface area contributed by atoms with Crippen LogP contribution in [0.4, 0.5) is 8.78 Å². The molecule has 0 aromatic heterocycles. The van der Waals surface area contributed by atoms with E-state index in [-0.39, 0.29) is 16.5 Å². The molecule has 1 unspecified atom stereocenters. The molecule has 1 aliphatic carbocycles. The van der Waals surface area contributed by atoms with Crippen molar-refractivity contribution < 1.29 is 13.9 Å². The molecule has 1 atom stereocenters. The highest BCUT2D eigenvalue weighted by Gasteiger charge is 2.21. The maximum atomic E-state index is 13.7. The van der Waals surface area contributed by atoms with Gasteiger partial charge in [0.05, 0.1) is 10.6 Å². The Labute approximate surface area is 114 Å². The van der Waals surface area contributed by atoms with Crippen molar-refractivity contribution in [2.75, 3.05) is 0 Å². The van der Waals surface area contributed by atoms with Gasteiger partial charge in [-0.1, -0.05) is 25.7 Å². The first-order valence-corrected chi connectivity index (χ1v) is 7.17. The molecule has 0 spiro atoms. The Morgan fingerprint density at radius 3 is 2.61 bits per heavy atom. The molecular weight excluding hydrogens is 302 g/mol. The minimum atomic E-state index is -0.661. The van der Waals surface area contributed by atoms with Crippen LogP contribution in [0.15, 0.2) is 16.6 Å². The number of rotatable bonds is 4. The number of aliphatic hydroxyl groups excluding tert-OH is 1. The first-order chi connectivity index (χ1) is 8.58. The van der Waals surface area contributed by atoms with Crippen LogP contribution in [0.3, 0.4) is 0 Å². The number of aliphatic hydroxyl groups is 1. The minimum absolute atomic E-state index is 0.0186. The van der Waals surface area contributed by atoms with Gasteiger partial charge in [0.1, 0.15) is 11.6 Å². The molecule has 0 heterocycles. The summed E-state index contributed by atoms with van der Waals surface area (Å²) in [6.45, 7) is 0. The summed E-state index contributed by atoms with van der Waals surface area (Å²) in [5.74, 6) is -0.667. The Balaban J connectivity index is 2.01. The molecule has 1 aromatic rings. The number of halogens is 3. The zero-order chi connectivity index (χ0) is 13.1. The van der Waals surface area contributed by atoms with Gasteiger partial charge in [-0.2, -0.15) is 0 Å². The SMILES string of the molecule is OC(Cc1c(F)ccc(Br)c1F)CC1CCCC1. The molecule has 1 aromatic carbocycles. The van der Waals surface area contributed by atoms with Gasteiger partial charge >= 0.3 is 0 Å². The van der Waals surface area contributed by atoms with Crippen LogP contribution in [0, 0.1) is 17.6 Å². The third-order valence-corrected chi connectivity index (χ3v) is 4.27. The summed E-state index contributed by atoms with van der Waals surface area (Å²) in [6, 6.07) is 2.57. The maximum Gasteiger partial charge on any atom is 0.143 e. The monoisotopic (exact) mass is 318 g/mol. The van der Waals surface area contributed by atoms with Crippen LogP contribution in [-0.4, -0.2) is 11.2 Å². The Hall–Kier alpha value is -0.480.